The number of hydrogen-bond acceptors (Lipinski definition) is 11. The normalized spacial score (nSPS) is 22.2. The van der Waals surface area contributed by atoms with E-state index in [0.717, 1.165) is 11.1 Å². The number of carbonyl (C=O) groups excluding carboxylic acids is 4. The molecule has 3 aliphatic rings. The Hall–Kier alpha value is -4.69. The number of esters is 2. The largest absolute Gasteiger partial charge is 0.461 e. The number of benzene rings is 2. The molecule has 0 aromatic heterocycles. The molecule has 3 fully saturated rings. The first-order valence-electron chi connectivity index (χ1n) is 17.5. The van der Waals surface area contributed by atoms with E-state index in [4.69, 9.17) is 30.1 Å². The standard InChI is InChI=1S/C37H50N6O8/c1-37(2,3)51-36(47)42-15-14-28(20-30(42)33(38)39)43-23-29(50-35(43)46)22-40-16-18-41(19-17-40)31(34(45)49-25-27-12-8-5-9-13-27)21-32(44)48-24-26-10-6-4-7-11-26/h4-13,28-31H,14-25H2,1-3H3,(H3,38,39). The number of hydrogen-bond donors (Lipinski definition) is 2. The van der Waals surface area contributed by atoms with Crippen LogP contribution in [0.15, 0.2) is 60.7 Å². The number of cyclic esters (lactones) is 1. The minimum Gasteiger partial charge on any atom is -0.461 e. The molecule has 4 atom stereocenters. The smallest absolute Gasteiger partial charge is 0.410 e. The van der Waals surface area contributed by atoms with Crippen molar-refractivity contribution in [2.75, 3.05) is 45.8 Å². The van der Waals surface area contributed by atoms with Gasteiger partial charge in [-0.1, -0.05) is 60.7 Å². The summed E-state index contributed by atoms with van der Waals surface area (Å²) < 4.78 is 22.5. The van der Waals surface area contributed by atoms with Gasteiger partial charge in [-0.3, -0.25) is 29.7 Å². The molecule has 5 rings (SSSR count). The Morgan fingerprint density at radius 3 is 2.12 bits per heavy atom. The second kappa shape index (κ2) is 17.0. The average Bonchev–Trinajstić information content (AvgIpc) is 3.48. The van der Waals surface area contributed by atoms with Crippen molar-refractivity contribution in [1.29, 1.82) is 5.41 Å². The molecule has 14 heteroatoms. The quantitative estimate of drug-likeness (QED) is 0.144. The Morgan fingerprint density at radius 1 is 0.922 bits per heavy atom. The molecule has 4 unspecified atom stereocenters. The zero-order valence-corrected chi connectivity index (χ0v) is 29.7. The van der Waals surface area contributed by atoms with Gasteiger partial charge in [-0.05, 0) is 44.7 Å². The van der Waals surface area contributed by atoms with Gasteiger partial charge < -0.3 is 29.6 Å². The van der Waals surface area contributed by atoms with Gasteiger partial charge in [0.1, 0.15) is 36.8 Å². The predicted octanol–water partition coefficient (Wildman–Crippen LogP) is 3.37. The van der Waals surface area contributed by atoms with E-state index in [1.807, 2.05) is 65.6 Å². The fraction of sp³-hybridized carbons (Fsp3) is 0.541. The van der Waals surface area contributed by atoms with Crippen molar-refractivity contribution in [2.45, 2.75) is 83.1 Å². The highest BCUT2D eigenvalue weighted by molar-refractivity contribution is 5.87. The van der Waals surface area contributed by atoms with E-state index < -0.39 is 41.8 Å². The molecule has 2 amide bonds. The number of amides is 2. The van der Waals surface area contributed by atoms with Crippen LogP contribution in [-0.2, 0) is 41.8 Å². The second-order valence-corrected chi connectivity index (χ2v) is 14.3. The van der Waals surface area contributed by atoms with E-state index in [0.29, 0.717) is 58.7 Å². The van der Waals surface area contributed by atoms with Gasteiger partial charge in [-0.15, -0.1) is 0 Å². The molecule has 0 aliphatic carbocycles. The summed E-state index contributed by atoms with van der Waals surface area (Å²) in [6, 6.07) is 17.0. The van der Waals surface area contributed by atoms with Crippen molar-refractivity contribution < 1.29 is 38.1 Å². The summed E-state index contributed by atoms with van der Waals surface area (Å²) in [5.41, 5.74) is 6.93. The van der Waals surface area contributed by atoms with E-state index in [1.54, 1.807) is 25.7 Å². The Bertz CT molecular complexity index is 1510. The lowest BCUT2D eigenvalue weighted by atomic mass is 9.95. The summed E-state index contributed by atoms with van der Waals surface area (Å²) in [6.45, 7) is 8.95. The van der Waals surface area contributed by atoms with Crippen molar-refractivity contribution in [3.05, 3.63) is 71.8 Å². The van der Waals surface area contributed by atoms with Crippen LogP contribution in [0.3, 0.4) is 0 Å². The Morgan fingerprint density at radius 2 is 1.53 bits per heavy atom. The lowest BCUT2D eigenvalue weighted by molar-refractivity contribution is -0.159. The van der Waals surface area contributed by atoms with Gasteiger partial charge >= 0.3 is 24.1 Å². The maximum atomic E-state index is 13.4. The monoisotopic (exact) mass is 706 g/mol. The summed E-state index contributed by atoms with van der Waals surface area (Å²) in [4.78, 5) is 59.5. The SMILES string of the molecule is CC(C)(C)OC(=O)N1CCC(N2CC(CN3CCN(C(CC(=O)OCc4ccccc4)C(=O)OCc4ccccc4)CC3)OC2=O)CC1C(=N)N. The molecule has 51 heavy (non-hydrogen) atoms. The molecule has 14 nitrogen and oxygen atoms in total. The van der Waals surface area contributed by atoms with Crippen molar-refractivity contribution >= 4 is 30.0 Å². The molecular formula is C37H50N6O8. The Kier molecular flexibility index (Phi) is 12.5. The van der Waals surface area contributed by atoms with Gasteiger partial charge in [0.15, 0.2) is 0 Å². The molecule has 3 heterocycles. The van der Waals surface area contributed by atoms with E-state index in [9.17, 15) is 19.2 Å². The van der Waals surface area contributed by atoms with Crippen LogP contribution >= 0.6 is 0 Å². The van der Waals surface area contributed by atoms with Crippen LogP contribution in [0.2, 0.25) is 0 Å². The number of ether oxygens (including phenoxy) is 4. The molecular weight excluding hydrogens is 656 g/mol. The average molecular weight is 707 g/mol. The van der Waals surface area contributed by atoms with Crippen LogP contribution in [0.5, 0.6) is 0 Å². The fourth-order valence-electron chi connectivity index (χ4n) is 6.69. The summed E-state index contributed by atoms with van der Waals surface area (Å²) in [5.74, 6) is -1.12. The number of piperidine rings is 1. The van der Waals surface area contributed by atoms with Gasteiger partial charge in [0, 0.05) is 45.3 Å². The molecule has 0 spiro atoms. The number of rotatable bonds is 12. The van der Waals surface area contributed by atoms with Gasteiger partial charge in [0.05, 0.1) is 19.0 Å². The third kappa shape index (κ3) is 10.7. The third-order valence-corrected chi connectivity index (χ3v) is 9.31. The maximum Gasteiger partial charge on any atom is 0.410 e. The zero-order chi connectivity index (χ0) is 36.5. The summed E-state index contributed by atoms with van der Waals surface area (Å²) in [6.07, 6.45) is -0.624. The summed E-state index contributed by atoms with van der Waals surface area (Å²) in [7, 11) is 0. The number of carbonyl (C=O) groups is 4. The molecule has 2 aromatic rings. The van der Waals surface area contributed by atoms with Gasteiger partial charge in [-0.25, -0.2) is 9.59 Å². The topological polar surface area (TPSA) is 168 Å². The highest BCUT2D eigenvalue weighted by Gasteiger charge is 2.43. The van der Waals surface area contributed by atoms with Crippen molar-refractivity contribution in [2.24, 2.45) is 5.73 Å². The molecule has 0 saturated carbocycles. The van der Waals surface area contributed by atoms with Gasteiger partial charge in [0.2, 0.25) is 0 Å². The molecule has 3 N–H and O–H groups in total. The molecule has 2 aromatic carbocycles. The minimum absolute atomic E-state index is 0.103. The van der Waals surface area contributed by atoms with E-state index in [1.165, 1.54) is 4.90 Å². The number of piperazine rings is 1. The van der Waals surface area contributed by atoms with Gasteiger partial charge in [0.25, 0.3) is 0 Å². The predicted molar refractivity (Wildman–Crippen MR) is 188 cm³/mol. The zero-order valence-electron chi connectivity index (χ0n) is 29.7. The molecule has 3 saturated heterocycles. The Labute approximate surface area is 299 Å². The summed E-state index contributed by atoms with van der Waals surface area (Å²) >= 11 is 0. The van der Waals surface area contributed by atoms with E-state index >= 15 is 0 Å². The van der Waals surface area contributed by atoms with Crippen molar-refractivity contribution in [3.8, 4) is 0 Å². The fourth-order valence-corrected chi connectivity index (χ4v) is 6.69. The second-order valence-electron chi connectivity index (χ2n) is 14.3. The highest BCUT2D eigenvalue weighted by atomic mass is 16.6. The summed E-state index contributed by atoms with van der Waals surface area (Å²) in [5, 5.41) is 8.12. The van der Waals surface area contributed by atoms with E-state index in [2.05, 4.69) is 4.90 Å². The molecule has 0 radical (unpaired) electrons. The number of nitrogens with zero attached hydrogens (tertiary/aromatic N) is 4. The Balaban J connectivity index is 1.13. The number of nitrogens with one attached hydrogen (secondary N) is 1. The highest BCUT2D eigenvalue weighted by Crippen LogP contribution is 2.28. The molecule has 3 aliphatic heterocycles. The van der Waals surface area contributed by atoms with Crippen LogP contribution in [0.4, 0.5) is 9.59 Å². The first-order valence-corrected chi connectivity index (χ1v) is 17.5. The maximum absolute atomic E-state index is 13.4. The first kappa shape index (κ1) is 37.6. The third-order valence-electron chi connectivity index (χ3n) is 9.31. The lowest BCUT2D eigenvalue weighted by Gasteiger charge is -2.41. The van der Waals surface area contributed by atoms with Crippen molar-refractivity contribution in [1.82, 2.24) is 19.6 Å². The van der Waals surface area contributed by atoms with Crippen LogP contribution in [0.1, 0.15) is 51.2 Å². The van der Waals surface area contributed by atoms with E-state index in [-0.39, 0.29) is 37.6 Å². The minimum atomic E-state index is -0.806. The number of likely N-dealkylation sites (tertiary alicyclic amines) is 1. The number of amidine groups is 1. The van der Waals surface area contributed by atoms with Crippen LogP contribution in [0.25, 0.3) is 0 Å². The first-order chi connectivity index (χ1) is 24.4. The molecule has 276 valence electrons. The number of nitrogens with two attached hydrogens (primary N) is 1. The van der Waals surface area contributed by atoms with Crippen LogP contribution in [-0.4, -0.2) is 125 Å². The van der Waals surface area contributed by atoms with Crippen LogP contribution < -0.4 is 5.73 Å². The molecule has 0 bridgehead atoms. The lowest BCUT2D eigenvalue weighted by Crippen LogP contribution is -2.57. The van der Waals surface area contributed by atoms with Gasteiger partial charge in [-0.2, -0.15) is 0 Å². The van der Waals surface area contributed by atoms with Crippen LogP contribution in [0, 0.1) is 5.41 Å². The van der Waals surface area contributed by atoms with Crippen molar-refractivity contribution in [3.63, 3.8) is 0 Å².